The Kier molecular flexibility index (Phi) is 6.68. The molecule has 11 nitrogen and oxygen atoms in total. The van der Waals surface area contributed by atoms with Gasteiger partial charge >= 0.3 is 6.03 Å². The number of aromatic nitrogens is 3. The molecule has 3 amide bonds. The first-order chi connectivity index (χ1) is 18.4. The van der Waals surface area contributed by atoms with Gasteiger partial charge in [0.1, 0.15) is 5.02 Å². The molecule has 0 atom stereocenters. The van der Waals surface area contributed by atoms with E-state index in [1.54, 1.807) is 35.9 Å². The van der Waals surface area contributed by atoms with E-state index in [4.69, 9.17) is 11.6 Å². The van der Waals surface area contributed by atoms with Crippen LogP contribution in [0, 0.1) is 0 Å². The lowest BCUT2D eigenvalue weighted by atomic mass is 10.1. The summed E-state index contributed by atoms with van der Waals surface area (Å²) in [5.74, 6) is 0.676. The number of likely N-dealkylation sites (tertiary alicyclic amines) is 1. The molecule has 0 aliphatic carbocycles. The van der Waals surface area contributed by atoms with Gasteiger partial charge in [0.2, 0.25) is 5.95 Å². The fourth-order valence-corrected chi connectivity index (χ4v) is 5.99. The van der Waals surface area contributed by atoms with Crippen LogP contribution in [-0.4, -0.2) is 75.6 Å². The van der Waals surface area contributed by atoms with Crippen molar-refractivity contribution in [3.63, 3.8) is 0 Å². The highest BCUT2D eigenvalue weighted by molar-refractivity contribution is 7.15. The zero-order valence-electron chi connectivity index (χ0n) is 20.7. The van der Waals surface area contributed by atoms with Crippen LogP contribution in [0.4, 0.5) is 27.4 Å². The van der Waals surface area contributed by atoms with Crippen molar-refractivity contribution in [3.05, 3.63) is 51.1 Å². The highest BCUT2D eigenvalue weighted by atomic mass is 35.5. The molecule has 3 aromatic rings. The highest BCUT2D eigenvalue weighted by Gasteiger charge is 2.26. The predicted octanol–water partition coefficient (Wildman–Crippen LogP) is 4.00. The third-order valence-electron chi connectivity index (χ3n) is 6.86. The van der Waals surface area contributed by atoms with Gasteiger partial charge in [0.15, 0.2) is 10.9 Å². The monoisotopic (exact) mass is 551 g/mol. The van der Waals surface area contributed by atoms with Crippen LogP contribution < -0.4 is 16.0 Å². The van der Waals surface area contributed by atoms with Crippen molar-refractivity contribution in [2.45, 2.75) is 31.8 Å². The minimum Gasteiger partial charge on any atom is -0.366 e. The van der Waals surface area contributed by atoms with Crippen LogP contribution in [0.15, 0.2) is 29.4 Å². The smallest absolute Gasteiger partial charge is 0.323 e. The number of anilines is 4. The van der Waals surface area contributed by atoms with Crippen LogP contribution in [0.2, 0.25) is 5.02 Å². The Bertz CT molecular complexity index is 1430. The summed E-state index contributed by atoms with van der Waals surface area (Å²) in [6, 6.07) is 5.35. The maximum Gasteiger partial charge on any atom is 0.323 e. The zero-order chi connectivity index (χ0) is 26.2. The van der Waals surface area contributed by atoms with Gasteiger partial charge in [0.05, 0.1) is 17.5 Å². The van der Waals surface area contributed by atoms with Gasteiger partial charge in [-0.1, -0.05) is 11.6 Å². The SMILES string of the molecule is CN1CCc2nc(NC(=O)N3CCC(Nc4nc(Nc5ccc6c(c5)C=NC6=O)ncc4Cl)CC3)sc2C1. The lowest BCUT2D eigenvalue weighted by molar-refractivity contribution is 0.101. The average molecular weight is 552 g/mol. The molecule has 3 N–H and O–H groups in total. The van der Waals surface area contributed by atoms with E-state index in [1.807, 2.05) is 11.0 Å². The summed E-state index contributed by atoms with van der Waals surface area (Å²) in [6.45, 7) is 3.09. The van der Waals surface area contributed by atoms with E-state index in [2.05, 4.69) is 47.8 Å². The van der Waals surface area contributed by atoms with Gasteiger partial charge in [-0.15, -0.1) is 11.3 Å². The zero-order valence-corrected chi connectivity index (χ0v) is 22.3. The topological polar surface area (TPSA) is 128 Å². The molecule has 13 heteroatoms. The molecule has 5 heterocycles. The van der Waals surface area contributed by atoms with Crippen molar-refractivity contribution >= 4 is 63.7 Å². The Hall–Kier alpha value is -3.61. The second kappa shape index (κ2) is 10.3. The summed E-state index contributed by atoms with van der Waals surface area (Å²) in [7, 11) is 2.10. The van der Waals surface area contributed by atoms with Crippen LogP contribution in [0.5, 0.6) is 0 Å². The number of fused-ring (bicyclic) bond motifs is 2. The molecule has 0 bridgehead atoms. The number of piperidine rings is 1. The number of benzene rings is 1. The number of rotatable bonds is 5. The Morgan fingerprint density at radius 1 is 1.18 bits per heavy atom. The number of nitrogens with zero attached hydrogens (tertiary/aromatic N) is 6. The number of halogens is 1. The lowest BCUT2D eigenvalue weighted by Gasteiger charge is -2.32. The molecule has 0 radical (unpaired) electrons. The van der Waals surface area contributed by atoms with Crippen molar-refractivity contribution in [3.8, 4) is 0 Å². The number of hydrogen-bond acceptors (Lipinski definition) is 9. The molecule has 1 aromatic carbocycles. The molecule has 0 saturated carbocycles. The summed E-state index contributed by atoms with van der Waals surface area (Å²) >= 11 is 7.94. The molecule has 3 aliphatic rings. The minimum absolute atomic E-state index is 0.115. The van der Waals surface area contributed by atoms with E-state index in [1.165, 1.54) is 4.88 Å². The van der Waals surface area contributed by atoms with Gasteiger partial charge in [-0.25, -0.2) is 19.8 Å². The number of hydrogen-bond donors (Lipinski definition) is 3. The molecule has 1 saturated heterocycles. The molecule has 6 rings (SSSR count). The lowest BCUT2D eigenvalue weighted by Crippen LogP contribution is -2.44. The van der Waals surface area contributed by atoms with E-state index >= 15 is 0 Å². The number of amides is 3. The summed E-state index contributed by atoms with van der Waals surface area (Å²) in [5.41, 5.74) is 3.17. The largest absolute Gasteiger partial charge is 0.366 e. The van der Waals surface area contributed by atoms with Gasteiger partial charge in [-0.2, -0.15) is 4.98 Å². The maximum absolute atomic E-state index is 12.8. The predicted molar refractivity (Wildman–Crippen MR) is 148 cm³/mol. The molecular weight excluding hydrogens is 526 g/mol. The normalized spacial score (nSPS) is 17.3. The van der Waals surface area contributed by atoms with Crippen molar-refractivity contribution in [2.24, 2.45) is 4.99 Å². The average Bonchev–Trinajstić information content (AvgIpc) is 3.48. The number of carbonyl (C=O) groups excluding carboxylic acids is 2. The Morgan fingerprint density at radius 2 is 2.03 bits per heavy atom. The highest BCUT2D eigenvalue weighted by Crippen LogP contribution is 2.29. The molecule has 38 heavy (non-hydrogen) atoms. The quantitative estimate of drug-likeness (QED) is 0.434. The van der Waals surface area contributed by atoms with Gasteiger partial charge in [0, 0.05) is 61.0 Å². The van der Waals surface area contributed by atoms with Crippen LogP contribution in [0.3, 0.4) is 0 Å². The van der Waals surface area contributed by atoms with Crippen molar-refractivity contribution < 1.29 is 9.59 Å². The summed E-state index contributed by atoms with van der Waals surface area (Å²) < 4.78 is 0. The number of likely N-dealkylation sites (N-methyl/N-ethyl adjacent to an activating group) is 1. The van der Waals surface area contributed by atoms with Crippen molar-refractivity contribution in [2.75, 3.05) is 42.6 Å². The first-order valence-corrected chi connectivity index (χ1v) is 13.6. The minimum atomic E-state index is -0.237. The van der Waals surface area contributed by atoms with Crippen molar-refractivity contribution in [1.29, 1.82) is 0 Å². The molecule has 3 aliphatic heterocycles. The molecular formula is C25H26ClN9O2S. The van der Waals surface area contributed by atoms with Crippen LogP contribution in [0.1, 0.15) is 39.3 Å². The van der Waals surface area contributed by atoms with E-state index in [9.17, 15) is 9.59 Å². The number of urea groups is 1. The number of nitrogens with one attached hydrogen (secondary N) is 3. The second-order valence-corrected chi connectivity index (χ2v) is 11.1. The van der Waals surface area contributed by atoms with Gasteiger partial charge in [-0.05, 0) is 38.1 Å². The Morgan fingerprint density at radius 3 is 2.87 bits per heavy atom. The van der Waals surface area contributed by atoms with Crippen molar-refractivity contribution in [1.82, 2.24) is 24.8 Å². The standard InChI is InChI=1S/C25H26ClN9O2S/c1-34-7-6-19-20(13-34)38-24(31-19)33-25(37)35-8-4-15(5-9-35)29-21-18(26)12-28-23(32-21)30-16-2-3-17-14(10-16)11-27-22(17)36/h2-3,10-12,15H,4-9,13H2,1H3,(H,31,33,37)(H2,28,29,30,32). The van der Waals surface area contributed by atoms with E-state index < -0.39 is 0 Å². The fraction of sp³-hybridized carbons (Fsp3) is 0.360. The number of carbonyl (C=O) groups is 2. The van der Waals surface area contributed by atoms with Gasteiger partial charge < -0.3 is 20.4 Å². The van der Waals surface area contributed by atoms with Crippen LogP contribution in [-0.2, 0) is 13.0 Å². The Balaban J connectivity index is 1.04. The molecule has 2 aromatic heterocycles. The van der Waals surface area contributed by atoms with Gasteiger partial charge in [-0.3, -0.25) is 10.1 Å². The second-order valence-electron chi connectivity index (χ2n) is 9.59. The Labute approximate surface area is 228 Å². The van der Waals surface area contributed by atoms with Crippen LogP contribution >= 0.6 is 22.9 Å². The maximum atomic E-state index is 12.8. The first-order valence-electron chi connectivity index (χ1n) is 12.4. The number of aliphatic imine (C=N–C) groups is 1. The number of thiazole rings is 1. The summed E-state index contributed by atoms with van der Waals surface area (Å²) in [5, 5.41) is 10.6. The van der Waals surface area contributed by atoms with Crippen LogP contribution in [0.25, 0.3) is 0 Å². The molecule has 0 spiro atoms. The summed E-state index contributed by atoms with van der Waals surface area (Å²) in [4.78, 5) is 47.1. The van der Waals surface area contributed by atoms with E-state index in [-0.39, 0.29) is 18.0 Å². The van der Waals surface area contributed by atoms with E-state index in [0.29, 0.717) is 40.6 Å². The summed E-state index contributed by atoms with van der Waals surface area (Å²) in [6.07, 6.45) is 5.53. The fourth-order valence-electron chi connectivity index (χ4n) is 4.76. The van der Waals surface area contributed by atoms with Gasteiger partial charge in [0.25, 0.3) is 5.91 Å². The molecule has 0 unspecified atom stereocenters. The third-order valence-corrected chi connectivity index (χ3v) is 8.14. The molecule has 1 fully saturated rings. The first kappa shape index (κ1) is 24.7. The molecule has 196 valence electrons. The third kappa shape index (κ3) is 5.19. The van der Waals surface area contributed by atoms with E-state index in [0.717, 1.165) is 49.3 Å².